The van der Waals surface area contributed by atoms with E-state index in [1.54, 1.807) is 4.90 Å². The topological polar surface area (TPSA) is 57.6 Å². The lowest BCUT2D eigenvalue weighted by Gasteiger charge is -2.29. The van der Waals surface area contributed by atoms with E-state index in [-0.39, 0.29) is 23.8 Å². The quantitative estimate of drug-likeness (QED) is 0.927. The summed E-state index contributed by atoms with van der Waals surface area (Å²) in [6.07, 6.45) is 0.517. The molecule has 4 heteroatoms. The second-order valence-electron chi connectivity index (χ2n) is 7.89. The highest BCUT2D eigenvalue weighted by Gasteiger charge is 2.48. The number of hydrogen-bond acceptors (Lipinski definition) is 2. The van der Waals surface area contributed by atoms with Gasteiger partial charge in [0.05, 0.1) is 5.41 Å². The molecule has 1 aromatic rings. The molecule has 1 aliphatic heterocycles. The highest BCUT2D eigenvalue weighted by molar-refractivity contribution is 5.96. The number of carboxylic acid groups (broad SMARTS) is 1. The molecular formula is C19H27NO3. The van der Waals surface area contributed by atoms with E-state index in [0.717, 1.165) is 5.56 Å². The molecule has 1 aromatic carbocycles. The van der Waals surface area contributed by atoms with Gasteiger partial charge in [-0.25, -0.2) is 0 Å². The van der Waals surface area contributed by atoms with E-state index in [2.05, 4.69) is 20.8 Å². The molecule has 0 spiro atoms. The molecule has 1 saturated heterocycles. The Balaban J connectivity index is 2.32. The van der Waals surface area contributed by atoms with Gasteiger partial charge >= 0.3 is 5.97 Å². The minimum atomic E-state index is -0.827. The van der Waals surface area contributed by atoms with E-state index >= 15 is 0 Å². The maximum atomic E-state index is 13.0. The summed E-state index contributed by atoms with van der Waals surface area (Å²) in [5, 5.41) is 9.65. The Bertz CT molecular complexity index is 615. The van der Waals surface area contributed by atoms with Crippen LogP contribution in [0.25, 0.3) is 0 Å². The van der Waals surface area contributed by atoms with Gasteiger partial charge < -0.3 is 10.0 Å². The van der Waals surface area contributed by atoms with Gasteiger partial charge in [-0.3, -0.25) is 9.59 Å². The van der Waals surface area contributed by atoms with Gasteiger partial charge in [-0.15, -0.1) is 0 Å². The standard InChI is InChI=1S/C19H27NO3/c1-13(2)19(17(22)23)10-11-20(12-19)16(21)14-8-6-7-9-15(14)18(3,4)5/h6-9,13H,10-12H2,1-5H3,(H,22,23). The first-order valence-corrected chi connectivity index (χ1v) is 8.22. The fourth-order valence-electron chi connectivity index (χ4n) is 3.39. The van der Waals surface area contributed by atoms with E-state index in [9.17, 15) is 14.7 Å². The summed E-state index contributed by atoms with van der Waals surface area (Å²) in [5.74, 6) is -0.859. The second kappa shape index (κ2) is 5.99. The first kappa shape index (κ1) is 17.5. The third-order valence-electron chi connectivity index (χ3n) is 5.08. The van der Waals surface area contributed by atoms with Crippen molar-refractivity contribution in [2.75, 3.05) is 13.1 Å². The molecule has 2 rings (SSSR count). The number of carbonyl (C=O) groups is 2. The molecule has 4 nitrogen and oxygen atoms in total. The molecule has 0 aromatic heterocycles. The van der Waals surface area contributed by atoms with Gasteiger partial charge in [0, 0.05) is 18.7 Å². The Labute approximate surface area is 138 Å². The molecule has 1 fully saturated rings. The average molecular weight is 317 g/mol. The lowest BCUT2D eigenvalue weighted by Crippen LogP contribution is -2.41. The zero-order valence-electron chi connectivity index (χ0n) is 14.7. The lowest BCUT2D eigenvalue weighted by molar-refractivity contribution is -0.150. The van der Waals surface area contributed by atoms with Crippen molar-refractivity contribution in [2.45, 2.75) is 46.5 Å². The van der Waals surface area contributed by atoms with Crippen molar-refractivity contribution in [3.63, 3.8) is 0 Å². The smallest absolute Gasteiger partial charge is 0.311 e. The molecule has 1 atom stereocenters. The van der Waals surface area contributed by atoms with Crippen LogP contribution in [0, 0.1) is 11.3 Å². The van der Waals surface area contributed by atoms with Crippen molar-refractivity contribution < 1.29 is 14.7 Å². The van der Waals surface area contributed by atoms with Crippen LogP contribution in [0.3, 0.4) is 0 Å². The largest absolute Gasteiger partial charge is 0.481 e. The molecular weight excluding hydrogens is 290 g/mol. The van der Waals surface area contributed by atoms with Crippen molar-refractivity contribution >= 4 is 11.9 Å². The van der Waals surface area contributed by atoms with Crippen LogP contribution in [0.4, 0.5) is 0 Å². The molecule has 126 valence electrons. The van der Waals surface area contributed by atoms with E-state index in [1.807, 2.05) is 38.1 Å². The summed E-state index contributed by atoms with van der Waals surface area (Å²) in [6.45, 7) is 10.9. The molecule has 1 unspecified atom stereocenters. The zero-order valence-corrected chi connectivity index (χ0v) is 14.7. The first-order valence-electron chi connectivity index (χ1n) is 8.22. The predicted molar refractivity (Wildman–Crippen MR) is 90.6 cm³/mol. The van der Waals surface area contributed by atoms with Crippen molar-refractivity contribution in [1.82, 2.24) is 4.90 Å². The highest BCUT2D eigenvalue weighted by Crippen LogP contribution is 2.39. The molecule has 1 heterocycles. The SMILES string of the molecule is CC(C)C1(C(=O)O)CCN(C(=O)c2ccccc2C(C)(C)C)C1. The maximum Gasteiger partial charge on any atom is 0.311 e. The van der Waals surface area contributed by atoms with Gasteiger partial charge in [-0.05, 0) is 29.4 Å². The van der Waals surface area contributed by atoms with Crippen LogP contribution >= 0.6 is 0 Å². The monoisotopic (exact) mass is 317 g/mol. The van der Waals surface area contributed by atoms with Gasteiger partial charge in [0.25, 0.3) is 5.91 Å². The van der Waals surface area contributed by atoms with E-state index < -0.39 is 11.4 Å². The molecule has 0 aliphatic carbocycles. The Morgan fingerprint density at radius 1 is 1.22 bits per heavy atom. The van der Waals surface area contributed by atoms with Gasteiger partial charge in [0.2, 0.25) is 0 Å². The van der Waals surface area contributed by atoms with Crippen molar-refractivity contribution in [1.29, 1.82) is 0 Å². The summed E-state index contributed by atoms with van der Waals surface area (Å²) >= 11 is 0. The first-order chi connectivity index (χ1) is 10.6. The Morgan fingerprint density at radius 3 is 2.30 bits per heavy atom. The Hall–Kier alpha value is -1.84. The number of nitrogens with zero attached hydrogens (tertiary/aromatic N) is 1. The number of carboxylic acids is 1. The number of amides is 1. The predicted octanol–water partition coefficient (Wildman–Crippen LogP) is 3.56. The summed E-state index contributed by atoms with van der Waals surface area (Å²) in [5.41, 5.74) is 0.729. The van der Waals surface area contributed by atoms with Crippen molar-refractivity contribution in [3.8, 4) is 0 Å². The summed E-state index contributed by atoms with van der Waals surface area (Å²) in [7, 11) is 0. The Kier molecular flexibility index (Phi) is 4.56. The third-order valence-corrected chi connectivity index (χ3v) is 5.08. The second-order valence-corrected chi connectivity index (χ2v) is 7.89. The van der Waals surface area contributed by atoms with E-state index in [4.69, 9.17) is 0 Å². The number of carbonyl (C=O) groups excluding carboxylic acids is 1. The average Bonchev–Trinajstić information content (AvgIpc) is 2.92. The van der Waals surface area contributed by atoms with Gasteiger partial charge in [-0.1, -0.05) is 52.8 Å². The minimum absolute atomic E-state index is 0.00402. The van der Waals surface area contributed by atoms with Crippen LogP contribution in [-0.4, -0.2) is 35.0 Å². The van der Waals surface area contributed by atoms with Crippen LogP contribution in [0.2, 0.25) is 0 Å². The van der Waals surface area contributed by atoms with Crippen LogP contribution in [-0.2, 0) is 10.2 Å². The van der Waals surface area contributed by atoms with Gasteiger partial charge in [0.1, 0.15) is 0 Å². The number of hydrogen-bond donors (Lipinski definition) is 1. The van der Waals surface area contributed by atoms with Gasteiger partial charge in [0.15, 0.2) is 0 Å². The summed E-state index contributed by atoms with van der Waals surface area (Å²) in [6, 6.07) is 7.64. The van der Waals surface area contributed by atoms with Crippen LogP contribution in [0.15, 0.2) is 24.3 Å². The normalized spacial score (nSPS) is 21.7. The molecule has 1 aliphatic rings. The number of likely N-dealkylation sites (tertiary alicyclic amines) is 1. The van der Waals surface area contributed by atoms with Gasteiger partial charge in [-0.2, -0.15) is 0 Å². The van der Waals surface area contributed by atoms with Crippen LogP contribution in [0.5, 0.6) is 0 Å². The lowest BCUT2D eigenvalue weighted by atomic mass is 9.76. The number of aliphatic carboxylic acids is 1. The minimum Gasteiger partial charge on any atom is -0.481 e. The van der Waals surface area contributed by atoms with Crippen LogP contribution < -0.4 is 0 Å². The van der Waals surface area contributed by atoms with Crippen molar-refractivity contribution in [3.05, 3.63) is 35.4 Å². The van der Waals surface area contributed by atoms with E-state index in [0.29, 0.717) is 18.5 Å². The van der Waals surface area contributed by atoms with Crippen LogP contribution in [0.1, 0.15) is 57.0 Å². The molecule has 1 amide bonds. The molecule has 23 heavy (non-hydrogen) atoms. The van der Waals surface area contributed by atoms with Crippen molar-refractivity contribution in [2.24, 2.45) is 11.3 Å². The van der Waals surface area contributed by atoms with E-state index in [1.165, 1.54) is 0 Å². The zero-order chi connectivity index (χ0) is 17.4. The summed E-state index contributed by atoms with van der Waals surface area (Å²) in [4.78, 5) is 26.4. The fraction of sp³-hybridized carbons (Fsp3) is 0.579. The molecule has 0 radical (unpaired) electrons. The molecule has 1 N–H and O–H groups in total. The number of benzene rings is 1. The number of rotatable bonds is 3. The summed E-state index contributed by atoms with van der Waals surface area (Å²) < 4.78 is 0. The molecule has 0 saturated carbocycles. The highest BCUT2D eigenvalue weighted by atomic mass is 16.4. The molecule has 0 bridgehead atoms. The fourth-order valence-corrected chi connectivity index (χ4v) is 3.39. The third kappa shape index (κ3) is 3.12. The maximum absolute atomic E-state index is 13.0. The Morgan fingerprint density at radius 2 is 1.83 bits per heavy atom.